The van der Waals surface area contributed by atoms with E-state index < -0.39 is 47.7 Å². The number of carboxylic acid groups (broad SMARTS) is 1. The summed E-state index contributed by atoms with van der Waals surface area (Å²) in [5.74, 6) is -4.46. The summed E-state index contributed by atoms with van der Waals surface area (Å²) in [6, 6.07) is 8.54. The quantitative estimate of drug-likeness (QED) is 0.430. The van der Waals surface area contributed by atoms with Gasteiger partial charge in [-0.05, 0) is 42.0 Å². The molecule has 0 aliphatic carbocycles. The Bertz CT molecular complexity index is 1230. The maximum atomic E-state index is 13.0. The molecule has 0 bridgehead atoms. The minimum atomic E-state index is -5.06. The molecule has 0 aromatic heterocycles. The van der Waals surface area contributed by atoms with Gasteiger partial charge in [-0.1, -0.05) is 0 Å². The lowest BCUT2D eigenvalue weighted by atomic mass is 10.1. The van der Waals surface area contributed by atoms with Crippen LogP contribution in [0.15, 0.2) is 36.4 Å². The maximum Gasteiger partial charge on any atom is 0.573 e. The maximum absolute atomic E-state index is 13.0. The number of aliphatic hydroxyl groups excluding tert-OH is 1. The summed E-state index contributed by atoms with van der Waals surface area (Å²) in [6.07, 6.45) is -8.83. The molecule has 2 aromatic carbocycles. The van der Waals surface area contributed by atoms with Crippen LogP contribution in [0, 0.1) is 11.3 Å². The predicted octanol–water partition coefficient (Wildman–Crippen LogP) is 1.35. The van der Waals surface area contributed by atoms with Gasteiger partial charge in [0.25, 0.3) is 11.8 Å². The Morgan fingerprint density at radius 3 is 2.64 bits per heavy atom. The van der Waals surface area contributed by atoms with Crippen molar-refractivity contribution < 1.29 is 47.2 Å². The normalized spacial score (nSPS) is 16.7. The number of anilines is 2. The smallest absolute Gasteiger partial charge is 0.478 e. The van der Waals surface area contributed by atoms with Gasteiger partial charge in [0.05, 0.1) is 29.5 Å². The molecule has 190 valence electrons. The molecule has 5 N–H and O–H groups in total. The molecule has 2 aromatic rings. The van der Waals surface area contributed by atoms with Gasteiger partial charge in [-0.2, -0.15) is 5.26 Å². The van der Waals surface area contributed by atoms with Gasteiger partial charge in [-0.3, -0.25) is 9.59 Å². The van der Waals surface area contributed by atoms with Crippen LogP contribution in [-0.2, 0) is 20.9 Å². The van der Waals surface area contributed by atoms with Crippen LogP contribution in [0.5, 0.6) is 5.75 Å². The zero-order valence-corrected chi connectivity index (χ0v) is 18.3. The summed E-state index contributed by atoms with van der Waals surface area (Å²) in [7, 11) is 0. The molecule has 2 amide bonds. The SMILES string of the molecule is N#Cc1ccc(NC(=O)[C@H](O)[C@H]2OCCN(c3ccc(OC(F)(F)F)cc3C(=O)O)C2=O)cc1CN. The van der Waals surface area contributed by atoms with Crippen LogP contribution in [0.1, 0.15) is 21.5 Å². The number of halogens is 3. The number of carboxylic acids is 1. The minimum Gasteiger partial charge on any atom is -0.478 e. The highest BCUT2D eigenvalue weighted by molar-refractivity contribution is 6.07. The number of nitrogens with zero attached hydrogens (tertiary/aromatic N) is 2. The van der Waals surface area contributed by atoms with Crippen molar-refractivity contribution in [2.24, 2.45) is 5.73 Å². The number of carbonyl (C=O) groups excluding carboxylic acids is 2. The molecule has 14 heteroatoms. The molecule has 1 heterocycles. The third-order valence-electron chi connectivity index (χ3n) is 5.11. The zero-order valence-electron chi connectivity index (χ0n) is 18.3. The molecule has 1 aliphatic heterocycles. The predicted molar refractivity (Wildman–Crippen MR) is 116 cm³/mol. The van der Waals surface area contributed by atoms with Gasteiger partial charge >= 0.3 is 12.3 Å². The number of morpholine rings is 1. The number of rotatable bonds is 7. The van der Waals surface area contributed by atoms with Gasteiger partial charge in [0.1, 0.15) is 5.75 Å². The number of aromatic carboxylic acids is 1. The zero-order chi connectivity index (χ0) is 26.6. The van der Waals surface area contributed by atoms with E-state index in [9.17, 15) is 37.8 Å². The molecule has 0 spiro atoms. The van der Waals surface area contributed by atoms with Crippen LogP contribution in [0.3, 0.4) is 0 Å². The second-order valence-electron chi connectivity index (χ2n) is 7.44. The summed E-state index contributed by atoms with van der Waals surface area (Å²) in [4.78, 5) is 38.1. The van der Waals surface area contributed by atoms with E-state index in [1.807, 2.05) is 6.07 Å². The monoisotopic (exact) mass is 508 g/mol. The number of ether oxygens (including phenoxy) is 2. The van der Waals surface area contributed by atoms with Crippen LogP contribution < -0.4 is 20.7 Å². The van der Waals surface area contributed by atoms with E-state index in [2.05, 4.69) is 10.1 Å². The van der Waals surface area contributed by atoms with Crippen LogP contribution in [-0.4, -0.2) is 59.7 Å². The summed E-state index contributed by atoms with van der Waals surface area (Å²) in [5.41, 5.74) is 5.54. The first-order chi connectivity index (χ1) is 16.9. The third-order valence-corrected chi connectivity index (χ3v) is 5.11. The standard InChI is InChI=1S/C22H19F3N4O7/c23-22(24,25)36-14-3-4-16(15(8-14)21(33)34)29-5-6-35-18(20(29)32)17(30)19(31)28-13-2-1-11(9-26)12(7-13)10-27/h1-4,7-8,17-18,30H,5-6,10,27H2,(H,28,31)(H,33,34)/t17-,18-/m1/s1. The fourth-order valence-corrected chi connectivity index (χ4v) is 3.49. The molecular weight excluding hydrogens is 489 g/mol. The molecule has 11 nitrogen and oxygen atoms in total. The molecule has 1 saturated heterocycles. The van der Waals surface area contributed by atoms with Crippen LogP contribution >= 0.6 is 0 Å². The van der Waals surface area contributed by atoms with Crippen molar-refractivity contribution in [3.63, 3.8) is 0 Å². The number of benzene rings is 2. The Morgan fingerprint density at radius 2 is 2.03 bits per heavy atom. The lowest BCUT2D eigenvalue weighted by Crippen LogP contribution is -2.55. The van der Waals surface area contributed by atoms with Crippen LogP contribution in [0.2, 0.25) is 0 Å². The molecule has 0 unspecified atom stereocenters. The van der Waals surface area contributed by atoms with Gasteiger partial charge in [0.2, 0.25) is 0 Å². The van der Waals surface area contributed by atoms with Gasteiger partial charge in [0, 0.05) is 18.8 Å². The molecule has 36 heavy (non-hydrogen) atoms. The number of amides is 2. The highest BCUT2D eigenvalue weighted by atomic mass is 19.4. The first-order valence-electron chi connectivity index (χ1n) is 10.2. The number of nitrogens with one attached hydrogen (secondary N) is 1. The molecule has 0 saturated carbocycles. The Hall–Kier alpha value is -4.19. The number of hydrogen-bond donors (Lipinski definition) is 4. The van der Waals surface area contributed by atoms with E-state index in [0.717, 1.165) is 17.0 Å². The van der Waals surface area contributed by atoms with Crippen molar-refractivity contribution in [1.29, 1.82) is 5.26 Å². The first kappa shape index (κ1) is 26.4. The number of nitriles is 1. The molecule has 2 atom stereocenters. The largest absolute Gasteiger partial charge is 0.573 e. The highest BCUT2D eigenvalue weighted by Crippen LogP contribution is 2.31. The van der Waals surface area contributed by atoms with E-state index in [0.29, 0.717) is 17.2 Å². The summed E-state index contributed by atoms with van der Waals surface area (Å²) in [5, 5.41) is 31.4. The van der Waals surface area contributed by atoms with Crippen LogP contribution in [0.4, 0.5) is 24.5 Å². The number of carbonyl (C=O) groups is 3. The van der Waals surface area contributed by atoms with Gasteiger partial charge in [-0.25, -0.2) is 4.79 Å². The van der Waals surface area contributed by atoms with Gasteiger partial charge in [-0.15, -0.1) is 13.2 Å². The number of aliphatic hydroxyl groups is 1. The lowest BCUT2D eigenvalue weighted by molar-refractivity contribution is -0.274. The summed E-state index contributed by atoms with van der Waals surface area (Å²) in [6.45, 7) is -0.402. The minimum absolute atomic E-state index is 0.00699. The van der Waals surface area contributed by atoms with E-state index in [4.69, 9.17) is 15.7 Å². The Kier molecular flexibility index (Phi) is 7.78. The van der Waals surface area contributed by atoms with Crippen molar-refractivity contribution >= 4 is 29.2 Å². The van der Waals surface area contributed by atoms with E-state index in [1.54, 1.807) is 0 Å². The number of hydrogen-bond acceptors (Lipinski definition) is 8. The summed E-state index contributed by atoms with van der Waals surface area (Å²) < 4.78 is 46.5. The first-order valence-corrected chi connectivity index (χ1v) is 10.2. The fourth-order valence-electron chi connectivity index (χ4n) is 3.49. The molecule has 3 rings (SSSR count). The summed E-state index contributed by atoms with van der Waals surface area (Å²) >= 11 is 0. The third kappa shape index (κ3) is 5.89. The molecular formula is C22H19F3N4O7. The van der Waals surface area contributed by atoms with Crippen molar-refractivity contribution in [3.05, 3.63) is 53.1 Å². The van der Waals surface area contributed by atoms with Crippen molar-refractivity contribution in [1.82, 2.24) is 0 Å². The fraction of sp³-hybridized carbons (Fsp3) is 0.273. The van der Waals surface area contributed by atoms with Crippen molar-refractivity contribution in [3.8, 4) is 11.8 Å². The van der Waals surface area contributed by atoms with E-state index in [1.165, 1.54) is 18.2 Å². The van der Waals surface area contributed by atoms with Crippen molar-refractivity contribution in [2.75, 3.05) is 23.4 Å². The molecule has 1 aliphatic rings. The second kappa shape index (κ2) is 10.6. The van der Waals surface area contributed by atoms with Gasteiger partial charge < -0.3 is 35.6 Å². The number of alkyl halides is 3. The lowest BCUT2D eigenvalue weighted by Gasteiger charge is -2.34. The average Bonchev–Trinajstić information content (AvgIpc) is 2.82. The second-order valence-corrected chi connectivity index (χ2v) is 7.44. The van der Waals surface area contributed by atoms with E-state index in [-0.39, 0.29) is 31.1 Å². The Morgan fingerprint density at radius 1 is 1.31 bits per heavy atom. The van der Waals surface area contributed by atoms with Crippen molar-refractivity contribution in [2.45, 2.75) is 25.1 Å². The average molecular weight is 508 g/mol. The number of nitrogens with two attached hydrogens (primary N) is 1. The Balaban J connectivity index is 1.81. The molecule has 1 fully saturated rings. The highest BCUT2D eigenvalue weighted by Gasteiger charge is 2.40. The molecule has 0 radical (unpaired) electrons. The topological polar surface area (TPSA) is 175 Å². The van der Waals surface area contributed by atoms with Crippen LogP contribution in [0.25, 0.3) is 0 Å². The Labute approximate surface area is 201 Å². The van der Waals surface area contributed by atoms with Gasteiger partial charge in [0.15, 0.2) is 12.2 Å². The van der Waals surface area contributed by atoms with E-state index >= 15 is 0 Å².